The number of alkyl halides is 2. The second-order valence-corrected chi connectivity index (χ2v) is 6.56. The van der Waals surface area contributed by atoms with Crippen LogP contribution in [0, 0.1) is 16.5 Å². The van der Waals surface area contributed by atoms with E-state index in [0.717, 1.165) is 29.3 Å². The predicted octanol–water partition coefficient (Wildman–Crippen LogP) is 3.57. The molecule has 0 saturated carbocycles. The van der Waals surface area contributed by atoms with Crippen molar-refractivity contribution in [1.29, 1.82) is 0 Å². The number of allylic oxidation sites excluding steroid dienone is 1. The first-order valence-electron chi connectivity index (χ1n) is 9.27. The standard InChI is InChI=1S/C21H18F4N4O4/c1-29(16-8-3-2-7-15(16)22)28-19(17(31)9-10-30)20(32)26-11-13-5-4-6-14(18(13)23)21(24,25)12-27-33/h2-10,31H,11-12H2,1H3,(H,26,32)/b17-9+,28-19+. The molecule has 0 aliphatic rings. The lowest BCUT2D eigenvalue weighted by Crippen LogP contribution is -2.34. The molecule has 33 heavy (non-hydrogen) atoms. The fraction of sp³-hybridized carbons (Fsp3) is 0.190. The molecule has 2 aromatic rings. The molecule has 2 N–H and O–H groups in total. The van der Waals surface area contributed by atoms with Crippen molar-refractivity contribution in [2.75, 3.05) is 18.6 Å². The highest BCUT2D eigenvalue weighted by Crippen LogP contribution is 2.31. The summed E-state index contributed by atoms with van der Waals surface area (Å²) in [5.41, 5.74) is -2.22. The number of hydrogen-bond acceptors (Lipinski definition) is 7. The van der Waals surface area contributed by atoms with Gasteiger partial charge >= 0.3 is 0 Å². The summed E-state index contributed by atoms with van der Waals surface area (Å²) in [6.07, 6.45) is 0.787. The van der Waals surface area contributed by atoms with E-state index in [2.05, 4.69) is 15.6 Å². The van der Waals surface area contributed by atoms with Crippen LogP contribution in [0.2, 0.25) is 0 Å². The molecule has 8 nitrogen and oxygen atoms in total. The first kappa shape index (κ1) is 25.2. The molecule has 0 fully saturated rings. The summed E-state index contributed by atoms with van der Waals surface area (Å²) in [5.74, 6) is -7.89. The van der Waals surface area contributed by atoms with Crippen LogP contribution in [-0.4, -0.2) is 36.6 Å². The number of para-hydroxylation sites is 1. The zero-order valence-corrected chi connectivity index (χ0v) is 17.1. The Morgan fingerprint density at radius 3 is 2.52 bits per heavy atom. The summed E-state index contributed by atoms with van der Waals surface area (Å²) >= 11 is 0. The van der Waals surface area contributed by atoms with E-state index in [0.29, 0.717) is 6.08 Å². The molecule has 0 aromatic heterocycles. The first-order valence-corrected chi connectivity index (χ1v) is 9.27. The molecule has 0 aliphatic carbocycles. The zero-order valence-electron chi connectivity index (χ0n) is 17.1. The highest BCUT2D eigenvalue weighted by Gasteiger charge is 2.36. The summed E-state index contributed by atoms with van der Waals surface area (Å²) in [7, 11) is 1.27. The normalized spacial score (nSPS) is 12.3. The molecule has 0 aliphatic heterocycles. The van der Waals surface area contributed by atoms with Gasteiger partial charge in [-0.2, -0.15) is 18.8 Å². The second-order valence-electron chi connectivity index (χ2n) is 6.56. The molecule has 0 unspecified atom stereocenters. The van der Waals surface area contributed by atoms with Gasteiger partial charge in [-0.25, -0.2) is 8.78 Å². The van der Waals surface area contributed by atoms with Gasteiger partial charge in [0.2, 0.25) is 0 Å². The number of hydrazone groups is 1. The molecular weight excluding hydrogens is 448 g/mol. The molecule has 0 radical (unpaired) electrons. The van der Waals surface area contributed by atoms with Crippen LogP contribution in [0.3, 0.4) is 0 Å². The van der Waals surface area contributed by atoms with Gasteiger partial charge < -0.3 is 10.4 Å². The Morgan fingerprint density at radius 2 is 1.88 bits per heavy atom. The van der Waals surface area contributed by atoms with Gasteiger partial charge in [-0.05, 0) is 18.2 Å². The van der Waals surface area contributed by atoms with Crippen LogP contribution in [0.4, 0.5) is 23.2 Å². The topological polar surface area (TPSA) is 111 Å². The lowest BCUT2D eigenvalue weighted by atomic mass is 10.0. The van der Waals surface area contributed by atoms with Crippen LogP contribution in [-0.2, 0) is 22.1 Å². The van der Waals surface area contributed by atoms with Gasteiger partial charge in [0, 0.05) is 25.2 Å². The van der Waals surface area contributed by atoms with Crippen LogP contribution in [0.5, 0.6) is 0 Å². The maximum Gasteiger partial charge on any atom is 0.298 e. The third-order valence-electron chi connectivity index (χ3n) is 4.31. The fourth-order valence-corrected chi connectivity index (χ4v) is 2.70. The second kappa shape index (κ2) is 11.0. The number of carbonyl (C=O) groups excluding carboxylic acids is 2. The van der Waals surface area contributed by atoms with Gasteiger partial charge in [-0.3, -0.25) is 14.6 Å². The average Bonchev–Trinajstić information content (AvgIpc) is 2.76. The summed E-state index contributed by atoms with van der Waals surface area (Å²) < 4.78 is 56.3. The van der Waals surface area contributed by atoms with E-state index in [1.54, 1.807) is 0 Å². The van der Waals surface area contributed by atoms with Crippen molar-refractivity contribution in [3.63, 3.8) is 0 Å². The van der Waals surface area contributed by atoms with Gasteiger partial charge in [-0.15, -0.1) is 0 Å². The molecule has 0 bridgehead atoms. The monoisotopic (exact) mass is 466 g/mol. The number of aldehydes is 1. The van der Waals surface area contributed by atoms with E-state index >= 15 is 0 Å². The number of anilines is 1. The number of nitrogens with one attached hydrogen (secondary N) is 1. The summed E-state index contributed by atoms with van der Waals surface area (Å²) in [4.78, 5) is 33.5. The van der Waals surface area contributed by atoms with Crippen LogP contribution in [0.25, 0.3) is 0 Å². The zero-order chi connectivity index (χ0) is 24.6. The van der Waals surface area contributed by atoms with E-state index in [9.17, 15) is 37.2 Å². The van der Waals surface area contributed by atoms with Crippen molar-refractivity contribution in [3.8, 4) is 0 Å². The number of nitroso groups, excluding NO2 is 1. The van der Waals surface area contributed by atoms with Crippen molar-refractivity contribution in [3.05, 3.63) is 82.0 Å². The highest BCUT2D eigenvalue weighted by atomic mass is 19.3. The molecule has 2 rings (SSSR count). The lowest BCUT2D eigenvalue weighted by Gasteiger charge is -2.17. The van der Waals surface area contributed by atoms with Crippen LogP contribution >= 0.6 is 0 Å². The average molecular weight is 466 g/mol. The molecule has 0 atom stereocenters. The van der Waals surface area contributed by atoms with Gasteiger partial charge in [-0.1, -0.05) is 29.4 Å². The van der Waals surface area contributed by atoms with Gasteiger partial charge in [0.1, 0.15) is 24.5 Å². The number of aliphatic hydroxyl groups excluding tert-OH is 1. The third-order valence-corrected chi connectivity index (χ3v) is 4.31. The summed E-state index contributed by atoms with van der Waals surface area (Å²) in [5, 5.41) is 19.0. The fourth-order valence-electron chi connectivity index (χ4n) is 2.70. The maximum absolute atomic E-state index is 14.5. The Bertz CT molecular complexity index is 1110. The summed E-state index contributed by atoms with van der Waals surface area (Å²) in [6, 6.07) is 8.39. The molecule has 0 heterocycles. The molecule has 0 spiro atoms. The van der Waals surface area contributed by atoms with Crippen LogP contribution in [0.1, 0.15) is 11.1 Å². The van der Waals surface area contributed by atoms with Crippen molar-refractivity contribution < 1.29 is 32.3 Å². The molecule has 1 amide bonds. The predicted molar refractivity (Wildman–Crippen MR) is 112 cm³/mol. The molecular formula is C21H18F4N4O4. The van der Waals surface area contributed by atoms with E-state index in [1.807, 2.05) is 0 Å². The number of amides is 1. The number of nitrogens with zero attached hydrogens (tertiary/aromatic N) is 3. The lowest BCUT2D eigenvalue weighted by molar-refractivity contribution is -0.115. The summed E-state index contributed by atoms with van der Waals surface area (Å²) in [6.45, 7) is -2.08. The minimum atomic E-state index is -3.86. The van der Waals surface area contributed by atoms with Crippen molar-refractivity contribution in [1.82, 2.24) is 5.32 Å². The molecule has 2 aromatic carbocycles. The Balaban J connectivity index is 2.31. The van der Waals surface area contributed by atoms with Crippen molar-refractivity contribution in [2.24, 2.45) is 10.3 Å². The Hall–Kier alpha value is -4.09. The Labute approximate surface area is 185 Å². The quantitative estimate of drug-likeness (QED) is 0.106. The number of carbonyl (C=O) groups is 2. The Morgan fingerprint density at radius 1 is 1.18 bits per heavy atom. The number of benzene rings is 2. The third kappa shape index (κ3) is 6.21. The van der Waals surface area contributed by atoms with E-state index in [4.69, 9.17) is 0 Å². The minimum Gasteiger partial charge on any atom is -0.505 e. The van der Waals surface area contributed by atoms with Gasteiger partial charge in [0.25, 0.3) is 11.8 Å². The number of halogens is 4. The molecule has 174 valence electrons. The van der Waals surface area contributed by atoms with E-state index in [1.165, 1.54) is 25.2 Å². The Kier molecular flexibility index (Phi) is 8.37. The van der Waals surface area contributed by atoms with Crippen molar-refractivity contribution >= 4 is 23.6 Å². The number of hydrogen-bond donors (Lipinski definition) is 2. The maximum atomic E-state index is 14.5. The van der Waals surface area contributed by atoms with Gasteiger partial charge in [0.15, 0.2) is 11.5 Å². The van der Waals surface area contributed by atoms with E-state index < -0.39 is 53.6 Å². The molecule has 0 saturated heterocycles. The van der Waals surface area contributed by atoms with Crippen LogP contribution in [0.15, 0.2) is 64.6 Å². The number of aliphatic hydroxyl groups is 1. The van der Waals surface area contributed by atoms with Crippen LogP contribution < -0.4 is 10.3 Å². The molecule has 12 heteroatoms. The smallest absolute Gasteiger partial charge is 0.298 e. The van der Waals surface area contributed by atoms with E-state index in [-0.39, 0.29) is 17.5 Å². The number of rotatable bonds is 10. The highest BCUT2D eigenvalue weighted by molar-refractivity contribution is 6.45. The van der Waals surface area contributed by atoms with Crippen molar-refractivity contribution in [2.45, 2.75) is 12.5 Å². The SMILES string of the molecule is CN(/N=C(C(=O)NCc1cccc(C(F)(F)CN=O)c1F)\C(O)=C/C=O)c1ccccc1F. The van der Waals surface area contributed by atoms with Gasteiger partial charge in [0.05, 0.1) is 11.3 Å². The largest absolute Gasteiger partial charge is 0.505 e. The minimum absolute atomic E-state index is 0.0635. The first-order chi connectivity index (χ1) is 15.6.